The van der Waals surface area contributed by atoms with Crippen molar-refractivity contribution >= 4 is 11.7 Å². The number of nitrogens with one attached hydrogen (secondary N) is 1. The average Bonchev–Trinajstić information content (AvgIpc) is 2.29. The van der Waals surface area contributed by atoms with Crippen molar-refractivity contribution in [1.82, 2.24) is 4.90 Å². The number of likely N-dealkylation sites (N-methyl/N-ethyl adjacent to an activating group) is 1. The molecule has 1 N–H and O–H groups in total. The molecule has 1 rings (SSSR count). The van der Waals surface area contributed by atoms with Crippen LogP contribution in [0.5, 0.6) is 0 Å². The number of hydrogen-bond acceptors (Lipinski definition) is 4. The first-order valence-electron chi connectivity index (χ1n) is 3.05. The summed E-state index contributed by atoms with van der Waals surface area (Å²) in [7, 11) is 1.35. The van der Waals surface area contributed by atoms with Crippen molar-refractivity contribution in [2.24, 2.45) is 0 Å². The van der Waals surface area contributed by atoms with Gasteiger partial charge in [0.25, 0.3) is 5.91 Å². The van der Waals surface area contributed by atoms with Gasteiger partial charge in [-0.15, -0.1) is 0 Å². The number of hydrogen-bond donors (Lipinski definition) is 1. The molecule has 1 heterocycles. The molecule has 1 amide bonds. The number of amides is 1. The Bertz CT molecular complexity index is 343. The Morgan fingerprint density at radius 3 is 2.17 bits per heavy atom. The molecular formula is C7H4N4O. The second-order valence-corrected chi connectivity index (χ2v) is 2.19. The summed E-state index contributed by atoms with van der Waals surface area (Å²) in [5, 5.41) is 24.2. The van der Waals surface area contributed by atoms with Gasteiger partial charge in [0.05, 0.1) is 0 Å². The second kappa shape index (κ2) is 2.48. The van der Waals surface area contributed by atoms with E-state index in [9.17, 15) is 4.79 Å². The van der Waals surface area contributed by atoms with Gasteiger partial charge >= 0.3 is 0 Å². The topological polar surface area (TPSA) is 91.7 Å². The number of carbonyl (C=O) groups excluding carboxylic acids is 1. The van der Waals surface area contributed by atoms with Gasteiger partial charge in [0, 0.05) is 7.05 Å². The molecule has 0 saturated heterocycles. The Morgan fingerprint density at radius 2 is 1.83 bits per heavy atom. The van der Waals surface area contributed by atoms with Crippen LogP contribution in [0.4, 0.5) is 0 Å². The first kappa shape index (κ1) is 7.96. The molecule has 1 aliphatic heterocycles. The van der Waals surface area contributed by atoms with Crippen LogP contribution in [0, 0.1) is 28.1 Å². The molecule has 0 bridgehead atoms. The molecule has 0 aliphatic carbocycles. The largest absolute Gasteiger partial charge is 0.294 e. The van der Waals surface area contributed by atoms with E-state index >= 15 is 0 Å². The number of carbonyl (C=O) groups is 1. The van der Waals surface area contributed by atoms with Gasteiger partial charge in [-0.3, -0.25) is 15.1 Å². The molecule has 5 heteroatoms. The fraction of sp³-hybridized carbons (Fsp3) is 0.143. The summed E-state index contributed by atoms with van der Waals surface area (Å²) in [5.74, 6) is -0.793. The molecule has 0 unspecified atom stereocenters. The van der Waals surface area contributed by atoms with Crippen molar-refractivity contribution < 1.29 is 4.79 Å². The molecule has 0 radical (unpaired) electrons. The van der Waals surface area contributed by atoms with Gasteiger partial charge in [-0.2, -0.15) is 10.5 Å². The van der Waals surface area contributed by atoms with Crippen LogP contribution in [0.1, 0.15) is 0 Å². The number of amidine groups is 1. The molecule has 0 atom stereocenters. The van der Waals surface area contributed by atoms with E-state index in [1.165, 1.54) is 7.05 Å². The van der Waals surface area contributed by atoms with Gasteiger partial charge in [0.15, 0.2) is 0 Å². The van der Waals surface area contributed by atoms with Gasteiger partial charge in [-0.1, -0.05) is 0 Å². The van der Waals surface area contributed by atoms with Crippen molar-refractivity contribution in [3.05, 3.63) is 11.1 Å². The van der Waals surface area contributed by atoms with E-state index in [0.717, 1.165) is 4.90 Å². The standard InChI is InChI=1S/C7H4N4O/c1-11-6(10)4(2-8)5(3-9)7(11)12/h10H,1H3. The van der Waals surface area contributed by atoms with E-state index in [1.54, 1.807) is 12.1 Å². The Kier molecular flexibility index (Phi) is 1.64. The van der Waals surface area contributed by atoms with Crippen molar-refractivity contribution in [2.75, 3.05) is 7.05 Å². The molecule has 0 aromatic carbocycles. The van der Waals surface area contributed by atoms with Crippen LogP contribution in [0.3, 0.4) is 0 Å². The van der Waals surface area contributed by atoms with E-state index in [4.69, 9.17) is 15.9 Å². The fourth-order valence-corrected chi connectivity index (χ4v) is 0.875. The monoisotopic (exact) mass is 160 g/mol. The highest BCUT2D eigenvalue weighted by Gasteiger charge is 2.32. The van der Waals surface area contributed by atoms with Crippen LogP contribution in [-0.4, -0.2) is 23.7 Å². The summed E-state index contributed by atoms with van der Waals surface area (Å²) in [6, 6.07) is 3.25. The van der Waals surface area contributed by atoms with Crippen molar-refractivity contribution in [1.29, 1.82) is 15.9 Å². The molecule has 0 aromatic heterocycles. The minimum Gasteiger partial charge on any atom is -0.294 e. The van der Waals surface area contributed by atoms with E-state index in [2.05, 4.69) is 0 Å². The first-order chi connectivity index (χ1) is 5.63. The highest BCUT2D eigenvalue weighted by Crippen LogP contribution is 2.17. The van der Waals surface area contributed by atoms with E-state index in [0.29, 0.717) is 0 Å². The van der Waals surface area contributed by atoms with Crippen molar-refractivity contribution in [2.45, 2.75) is 0 Å². The first-order valence-corrected chi connectivity index (χ1v) is 3.05. The lowest BCUT2D eigenvalue weighted by atomic mass is 10.2. The summed E-state index contributed by atoms with van der Waals surface area (Å²) in [5.41, 5.74) is -0.394. The predicted molar refractivity (Wildman–Crippen MR) is 38.7 cm³/mol. The molecule has 0 fully saturated rings. The average molecular weight is 160 g/mol. The zero-order valence-electron chi connectivity index (χ0n) is 6.25. The Morgan fingerprint density at radius 1 is 1.33 bits per heavy atom. The van der Waals surface area contributed by atoms with Crippen LogP contribution in [0.15, 0.2) is 11.1 Å². The summed E-state index contributed by atoms with van der Waals surface area (Å²) in [4.78, 5) is 12.0. The molecule has 1 aliphatic rings. The number of nitrogens with zero attached hydrogens (tertiary/aromatic N) is 3. The van der Waals surface area contributed by atoms with Crippen molar-refractivity contribution in [3.8, 4) is 12.1 Å². The predicted octanol–water partition coefficient (Wildman–Crippen LogP) is -0.221. The second-order valence-electron chi connectivity index (χ2n) is 2.19. The fourth-order valence-electron chi connectivity index (χ4n) is 0.875. The number of nitriles is 2. The Labute approximate surface area is 68.6 Å². The Hall–Kier alpha value is -2.14. The SMILES string of the molecule is CN1C(=N)C(C#N)=C(C#N)C1=O. The zero-order chi connectivity index (χ0) is 9.30. The van der Waals surface area contributed by atoms with Crippen LogP contribution < -0.4 is 0 Å². The van der Waals surface area contributed by atoms with Crippen LogP contribution in [0.2, 0.25) is 0 Å². The minimum absolute atomic E-state index is 0.148. The van der Waals surface area contributed by atoms with E-state index in [1.807, 2.05) is 0 Å². The summed E-state index contributed by atoms with van der Waals surface area (Å²) >= 11 is 0. The van der Waals surface area contributed by atoms with Gasteiger partial charge in [-0.05, 0) is 0 Å². The maximum absolute atomic E-state index is 11.1. The van der Waals surface area contributed by atoms with E-state index < -0.39 is 5.91 Å². The van der Waals surface area contributed by atoms with Crippen molar-refractivity contribution in [3.63, 3.8) is 0 Å². The lowest BCUT2D eigenvalue weighted by Gasteiger charge is -2.06. The highest BCUT2D eigenvalue weighted by atomic mass is 16.2. The summed E-state index contributed by atoms with van der Waals surface area (Å²) < 4.78 is 0. The van der Waals surface area contributed by atoms with Gasteiger partial charge in [-0.25, -0.2) is 0 Å². The third kappa shape index (κ3) is 0.774. The smallest absolute Gasteiger partial charge is 0.271 e. The normalized spacial score (nSPS) is 16.4. The molecule has 0 aromatic rings. The van der Waals surface area contributed by atoms with Crippen LogP contribution in [0.25, 0.3) is 0 Å². The van der Waals surface area contributed by atoms with E-state index in [-0.39, 0.29) is 17.0 Å². The molecular weight excluding hydrogens is 156 g/mol. The van der Waals surface area contributed by atoms with Gasteiger partial charge < -0.3 is 0 Å². The third-order valence-electron chi connectivity index (χ3n) is 1.56. The lowest BCUT2D eigenvalue weighted by Crippen LogP contribution is -2.26. The van der Waals surface area contributed by atoms with Crippen LogP contribution >= 0.6 is 0 Å². The molecule has 12 heavy (non-hydrogen) atoms. The molecule has 5 nitrogen and oxygen atoms in total. The summed E-state index contributed by atoms with van der Waals surface area (Å²) in [6.07, 6.45) is 0. The quantitative estimate of drug-likeness (QED) is 0.530. The molecule has 0 spiro atoms. The maximum atomic E-state index is 11.1. The minimum atomic E-state index is -0.584. The maximum Gasteiger partial charge on any atom is 0.271 e. The zero-order valence-corrected chi connectivity index (χ0v) is 6.25. The number of rotatable bonds is 0. The Balaban J connectivity index is 3.33. The van der Waals surface area contributed by atoms with Crippen LogP contribution in [-0.2, 0) is 4.79 Å². The highest BCUT2D eigenvalue weighted by molar-refractivity contribution is 6.23. The third-order valence-corrected chi connectivity index (χ3v) is 1.56. The van der Waals surface area contributed by atoms with Gasteiger partial charge in [0.1, 0.15) is 29.1 Å². The summed E-state index contributed by atoms with van der Waals surface area (Å²) in [6.45, 7) is 0. The molecule has 58 valence electrons. The lowest BCUT2D eigenvalue weighted by molar-refractivity contribution is -0.121. The van der Waals surface area contributed by atoms with Gasteiger partial charge in [0.2, 0.25) is 0 Å². The molecule has 0 saturated carbocycles.